The van der Waals surface area contributed by atoms with Gasteiger partial charge in [-0.2, -0.15) is 18.4 Å². The standard InChI is InChI=1S/C9H5F4NS/c10-6-1-3-7(4-2-6)15-8(5-14)9(11,12)13/h1-4,8H. The number of halogens is 4. The van der Waals surface area contributed by atoms with Gasteiger partial charge in [0.15, 0.2) is 5.25 Å². The van der Waals surface area contributed by atoms with E-state index in [1.165, 1.54) is 12.1 Å². The highest BCUT2D eigenvalue weighted by Crippen LogP contribution is 2.34. The number of nitrogens with zero attached hydrogens (tertiary/aromatic N) is 1. The molecule has 6 heteroatoms. The van der Waals surface area contributed by atoms with Gasteiger partial charge in [0, 0.05) is 4.90 Å². The summed E-state index contributed by atoms with van der Waals surface area (Å²) in [6, 6.07) is 5.66. The third kappa shape index (κ3) is 3.44. The molecule has 1 atom stereocenters. The number of hydrogen-bond acceptors (Lipinski definition) is 2. The lowest BCUT2D eigenvalue weighted by Crippen LogP contribution is -2.23. The minimum absolute atomic E-state index is 0.209. The fourth-order valence-electron chi connectivity index (χ4n) is 0.816. The molecule has 0 amide bonds. The molecular weight excluding hydrogens is 230 g/mol. The first-order valence-electron chi connectivity index (χ1n) is 3.82. The van der Waals surface area contributed by atoms with Gasteiger partial charge in [-0.05, 0) is 24.3 Å². The van der Waals surface area contributed by atoms with Gasteiger partial charge in [-0.1, -0.05) is 11.8 Å². The van der Waals surface area contributed by atoms with Crippen LogP contribution in [-0.2, 0) is 0 Å². The van der Waals surface area contributed by atoms with E-state index in [9.17, 15) is 17.6 Å². The van der Waals surface area contributed by atoms with Crippen molar-refractivity contribution in [2.45, 2.75) is 16.3 Å². The Balaban J connectivity index is 2.77. The highest BCUT2D eigenvalue weighted by Gasteiger charge is 2.40. The summed E-state index contributed by atoms with van der Waals surface area (Å²) >= 11 is 0.352. The van der Waals surface area contributed by atoms with Crippen molar-refractivity contribution in [1.82, 2.24) is 0 Å². The molecule has 1 aromatic carbocycles. The van der Waals surface area contributed by atoms with E-state index in [-0.39, 0.29) is 4.90 Å². The average molecular weight is 235 g/mol. The summed E-state index contributed by atoms with van der Waals surface area (Å²) in [6.45, 7) is 0. The van der Waals surface area contributed by atoms with Gasteiger partial charge in [-0.25, -0.2) is 4.39 Å². The molecule has 0 aliphatic rings. The van der Waals surface area contributed by atoms with Gasteiger partial charge in [0.05, 0.1) is 6.07 Å². The topological polar surface area (TPSA) is 23.8 Å². The molecule has 0 saturated carbocycles. The summed E-state index contributed by atoms with van der Waals surface area (Å²) in [6.07, 6.45) is -4.58. The molecule has 0 N–H and O–H groups in total. The Labute approximate surface area is 87.7 Å². The average Bonchev–Trinajstić information content (AvgIpc) is 2.15. The van der Waals surface area contributed by atoms with Crippen LogP contribution in [0.15, 0.2) is 29.2 Å². The van der Waals surface area contributed by atoms with Crippen molar-refractivity contribution < 1.29 is 17.6 Å². The monoisotopic (exact) mass is 235 g/mol. The molecule has 1 rings (SSSR count). The molecule has 0 fully saturated rings. The molecule has 0 heterocycles. The van der Waals surface area contributed by atoms with Gasteiger partial charge in [-0.15, -0.1) is 0 Å². The minimum Gasteiger partial charge on any atom is -0.207 e. The molecule has 0 aliphatic carbocycles. The molecule has 0 saturated heterocycles. The smallest absolute Gasteiger partial charge is 0.207 e. The first kappa shape index (κ1) is 11.9. The molecule has 0 aliphatic heterocycles. The van der Waals surface area contributed by atoms with Crippen molar-refractivity contribution in [3.8, 4) is 6.07 Å². The quantitative estimate of drug-likeness (QED) is 0.579. The molecule has 0 radical (unpaired) electrons. The summed E-state index contributed by atoms with van der Waals surface area (Å²) < 4.78 is 48.9. The molecular formula is C9H5F4NS. The SMILES string of the molecule is N#CC(Sc1ccc(F)cc1)C(F)(F)F. The summed E-state index contributed by atoms with van der Waals surface area (Å²) in [4.78, 5) is 0.209. The highest BCUT2D eigenvalue weighted by atomic mass is 32.2. The van der Waals surface area contributed by atoms with Crippen LogP contribution in [0.1, 0.15) is 0 Å². The van der Waals surface area contributed by atoms with E-state index < -0.39 is 17.2 Å². The molecule has 0 bridgehead atoms. The van der Waals surface area contributed by atoms with Crippen molar-refractivity contribution in [3.05, 3.63) is 30.1 Å². The molecule has 0 spiro atoms. The van der Waals surface area contributed by atoms with Crippen molar-refractivity contribution in [2.24, 2.45) is 0 Å². The number of thioether (sulfide) groups is 1. The predicted molar refractivity (Wildman–Crippen MR) is 47.7 cm³/mol. The van der Waals surface area contributed by atoms with E-state index in [2.05, 4.69) is 0 Å². The lowest BCUT2D eigenvalue weighted by molar-refractivity contribution is -0.118. The second kappa shape index (κ2) is 4.53. The Morgan fingerprint density at radius 1 is 1.20 bits per heavy atom. The summed E-state index contributed by atoms with van der Waals surface area (Å²) in [5, 5.41) is 6.19. The van der Waals surface area contributed by atoms with E-state index in [1.54, 1.807) is 0 Å². The molecule has 0 aromatic heterocycles. The maximum atomic E-state index is 12.4. The Kier molecular flexibility index (Phi) is 3.58. The third-order valence-corrected chi connectivity index (χ3v) is 2.63. The zero-order chi connectivity index (χ0) is 11.5. The van der Waals surface area contributed by atoms with Crippen LogP contribution in [0.5, 0.6) is 0 Å². The molecule has 15 heavy (non-hydrogen) atoms. The molecule has 80 valence electrons. The summed E-state index contributed by atoms with van der Waals surface area (Å²) in [7, 11) is 0. The number of alkyl halides is 3. The largest absolute Gasteiger partial charge is 0.413 e. The van der Waals surface area contributed by atoms with Crippen LogP contribution < -0.4 is 0 Å². The van der Waals surface area contributed by atoms with Gasteiger partial charge < -0.3 is 0 Å². The number of nitriles is 1. The van der Waals surface area contributed by atoms with Crippen LogP contribution in [0.25, 0.3) is 0 Å². The van der Waals surface area contributed by atoms with E-state index in [0.29, 0.717) is 11.8 Å². The van der Waals surface area contributed by atoms with Crippen LogP contribution in [0.3, 0.4) is 0 Å². The zero-order valence-electron chi connectivity index (χ0n) is 7.25. The van der Waals surface area contributed by atoms with Crippen LogP contribution in [0.4, 0.5) is 17.6 Å². The Morgan fingerprint density at radius 3 is 2.13 bits per heavy atom. The van der Waals surface area contributed by atoms with Crippen LogP contribution in [0, 0.1) is 17.1 Å². The predicted octanol–water partition coefficient (Wildman–Crippen LogP) is 3.37. The number of rotatable bonds is 2. The van der Waals surface area contributed by atoms with Gasteiger partial charge in [-0.3, -0.25) is 0 Å². The maximum Gasteiger partial charge on any atom is 0.413 e. The lowest BCUT2D eigenvalue weighted by Gasteiger charge is -2.12. The van der Waals surface area contributed by atoms with E-state index in [1.807, 2.05) is 0 Å². The molecule has 1 aromatic rings. The first-order valence-corrected chi connectivity index (χ1v) is 4.70. The van der Waals surface area contributed by atoms with Crippen molar-refractivity contribution in [1.29, 1.82) is 5.26 Å². The van der Waals surface area contributed by atoms with E-state index in [0.717, 1.165) is 18.2 Å². The Hall–Kier alpha value is -1.22. The first-order chi connectivity index (χ1) is 6.93. The van der Waals surface area contributed by atoms with Crippen LogP contribution in [0.2, 0.25) is 0 Å². The van der Waals surface area contributed by atoms with E-state index >= 15 is 0 Å². The van der Waals surface area contributed by atoms with E-state index in [4.69, 9.17) is 5.26 Å². The normalized spacial score (nSPS) is 13.3. The van der Waals surface area contributed by atoms with Gasteiger partial charge >= 0.3 is 6.18 Å². The fraction of sp³-hybridized carbons (Fsp3) is 0.222. The van der Waals surface area contributed by atoms with Crippen molar-refractivity contribution >= 4 is 11.8 Å². The van der Waals surface area contributed by atoms with Gasteiger partial charge in [0.1, 0.15) is 5.82 Å². The minimum atomic E-state index is -4.58. The fourth-order valence-corrected chi connectivity index (χ4v) is 1.57. The van der Waals surface area contributed by atoms with Crippen molar-refractivity contribution in [3.63, 3.8) is 0 Å². The van der Waals surface area contributed by atoms with Crippen LogP contribution >= 0.6 is 11.8 Å². The highest BCUT2D eigenvalue weighted by molar-refractivity contribution is 8.00. The molecule has 1 unspecified atom stereocenters. The van der Waals surface area contributed by atoms with Gasteiger partial charge in [0.2, 0.25) is 0 Å². The summed E-state index contributed by atoms with van der Waals surface area (Å²) in [5.41, 5.74) is 0. The Bertz CT molecular complexity index is 365. The van der Waals surface area contributed by atoms with Gasteiger partial charge in [0.25, 0.3) is 0 Å². The van der Waals surface area contributed by atoms with Crippen LogP contribution in [-0.4, -0.2) is 11.4 Å². The number of hydrogen-bond donors (Lipinski definition) is 0. The molecule has 1 nitrogen and oxygen atoms in total. The number of benzene rings is 1. The Morgan fingerprint density at radius 2 is 1.73 bits per heavy atom. The van der Waals surface area contributed by atoms with Crippen molar-refractivity contribution in [2.75, 3.05) is 0 Å². The third-order valence-electron chi connectivity index (χ3n) is 1.48. The summed E-state index contributed by atoms with van der Waals surface area (Å²) in [5.74, 6) is -0.528. The lowest BCUT2D eigenvalue weighted by atomic mass is 10.3. The second-order valence-electron chi connectivity index (χ2n) is 2.62. The second-order valence-corrected chi connectivity index (χ2v) is 3.80. The maximum absolute atomic E-state index is 12.4. The zero-order valence-corrected chi connectivity index (χ0v) is 8.07.